The number of carbonyl (C=O) groups excluding carboxylic acids is 2. The van der Waals surface area contributed by atoms with Crippen LogP contribution in [0, 0.1) is 29.5 Å². The molecule has 0 radical (unpaired) electrons. The van der Waals surface area contributed by atoms with Crippen molar-refractivity contribution in [2.45, 2.75) is 83.8 Å². The number of hydrogen-bond acceptors (Lipinski definition) is 7. The number of amides is 1. The SMILES string of the molecule is C[C@@H](CC[C@H](CC1CC1C(=O)C1=NC1c1cc(-c2ccccc2)no1)C[C@@H]1CCOC(C)(C)O1)C(=O)NCc1cccc(F)c1Cl. The number of ketones is 1. The molecule has 3 unspecified atom stereocenters. The monoisotopic (exact) mass is 649 g/mol. The lowest BCUT2D eigenvalue weighted by molar-refractivity contribution is -0.275. The molecule has 1 aromatic heterocycles. The lowest BCUT2D eigenvalue weighted by Gasteiger charge is -2.37. The van der Waals surface area contributed by atoms with Crippen LogP contribution in [0.15, 0.2) is 64.1 Å². The molecule has 1 saturated carbocycles. The maximum absolute atomic E-state index is 13.8. The summed E-state index contributed by atoms with van der Waals surface area (Å²) in [5, 5.41) is 7.11. The van der Waals surface area contributed by atoms with E-state index >= 15 is 0 Å². The Labute approximate surface area is 274 Å². The minimum atomic E-state index is -0.628. The second kappa shape index (κ2) is 13.8. The van der Waals surface area contributed by atoms with Gasteiger partial charge < -0.3 is 19.3 Å². The van der Waals surface area contributed by atoms with Gasteiger partial charge in [0.2, 0.25) is 5.91 Å². The molecule has 3 aliphatic rings. The highest BCUT2D eigenvalue weighted by Crippen LogP contribution is 2.49. The molecular formula is C36H41ClFN3O5. The van der Waals surface area contributed by atoms with Gasteiger partial charge in [0, 0.05) is 30.0 Å². The first-order valence-electron chi connectivity index (χ1n) is 16.2. The largest absolute Gasteiger partial charge is 0.358 e. The van der Waals surface area contributed by atoms with Crippen molar-refractivity contribution in [3.63, 3.8) is 0 Å². The fourth-order valence-electron chi connectivity index (χ4n) is 6.57. The van der Waals surface area contributed by atoms with E-state index in [1.54, 1.807) is 12.1 Å². The molecule has 2 aliphatic heterocycles. The molecule has 8 nitrogen and oxygen atoms in total. The van der Waals surface area contributed by atoms with Crippen LogP contribution in [-0.4, -0.2) is 41.1 Å². The van der Waals surface area contributed by atoms with Crippen molar-refractivity contribution in [2.75, 3.05) is 6.61 Å². The Bertz CT molecular complexity index is 1590. The molecule has 1 saturated heterocycles. The van der Waals surface area contributed by atoms with Crippen LogP contribution in [0.3, 0.4) is 0 Å². The van der Waals surface area contributed by atoms with E-state index < -0.39 is 11.6 Å². The molecule has 10 heteroatoms. The van der Waals surface area contributed by atoms with Crippen molar-refractivity contribution in [1.29, 1.82) is 0 Å². The van der Waals surface area contributed by atoms with Crippen molar-refractivity contribution in [3.05, 3.63) is 76.8 Å². The molecule has 1 N–H and O–H groups in total. The van der Waals surface area contributed by atoms with E-state index in [1.807, 2.05) is 57.2 Å². The van der Waals surface area contributed by atoms with Crippen LogP contribution < -0.4 is 5.32 Å². The van der Waals surface area contributed by atoms with Crippen LogP contribution in [-0.2, 0) is 25.6 Å². The van der Waals surface area contributed by atoms with Crippen LogP contribution in [0.2, 0.25) is 5.02 Å². The van der Waals surface area contributed by atoms with Gasteiger partial charge in [0.1, 0.15) is 17.2 Å². The number of carbonyl (C=O) groups is 2. The number of aromatic nitrogens is 1. The minimum absolute atomic E-state index is 0.0321. The van der Waals surface area contributed by atoms with Crippen LogP contribution >= 0.6 is 11.6 Å². The summed E-state index contributed by atoms with van der Waals surface area (Å²) in [5.41, 5.74) is 2.82. The van der Waals surface area contributed by atoms with Gasteiger partial charge in [0.15, 0.2) is 23.4 Å². The molecule has 0 bridgehead atoms. The van der Waals surface area contributed by atoms with E-state index in [9.17, 15) is 14.0 Å². The molecule has 3 heterocycles. The number of benzene rings is 2. The summed E-state index contributed by atoms with van der Waals surface area (Å²) in [7, 11) is 0. The summed E-state index contributed by atoms with van der Waals surface area (Å²) in [6, 6.07) is 15.9. The van der Waals surface area contributed by atoms with Gasteiger partial charge in [0.05, 0.1) is 17.7 Å². The van der Waals surface area contributed by atoms with Gasteiger partial charge in [-0.05, 0) is 75.8 Å². The number of aliphatic imine (C=N–C) groups is 1. The van der Waals surface area contributed by atoms with Crippen molar-refractivity contribution in [1.82, 2.24) is 10.5 Å². The Morgan fingerprint density at radius 3 is 2.70 bits per heavy atom. The third kappa shape index (κ3) is 7.93. The number of Topliss-reactive ketones (excluding diaryl/α,β-unsaturated/α-hetero) is 1. The molecule has 6 rings (SSSR count). The van der Waals surface area contributed by atoms with Crippen LogP contribution in [0.1, 0.15) is 76.7 Å². The molecule has 2 fully saturated rings. The standard InChI is InChI=1S/C36H41ClFN3O5/c1-21(35(43)39-20-24-10-7-11-28(38)31(24)37)12-13-22(17-26-14-15-44-36(2,3)45-26)16-25-18-27(25)34(42)33-32(40-33)30-19-29(41-46-30)23-8-5-4-6-9-23/h4-11,19,21-22,25-27,32H,12-18,20H2,1-3H3,(H,39,43)/t21-,22+,25?,26-,27?,32?/m0/s1. The maximum Gasteiger partial charge on any atom is 0.223 e. The molecule has 46 heavy (non-hydrogen) atoms. The molecule has 2 aromatic carbocycles. The second-order valence-corrected chi connectivity index (χ2v) is 13.8. The zero-order valence-corrected chi connectivity index (χ0v) is 27.3. The Hall–Kier alpha value is -3.40. The van der Waals surface area contributed by atoms with Gasteiger partial charge in [-0.25, -0.2) is 4.39 Å². The summed E-state index contributed by atoms with van der Waals surface area (Å²) in [6.45, 7) is 6.60. The zero-order chi connectivity index (χ0) is 32.4. The smallest absolute Gasteiger partial charge is 0.223 e. The Morgan fingerprint density at radius 1 is 1.11 bits per heavy atom. The summed E-state index contributed by atoms with van der Waals surface area (Å²) < 4.78 is 31.4. The van der Waals surface area contributed by atoms with Gasteiger partial charge in [-0.3, -0.25) is 14.6 Å². The highest BCUT2D eigenvalue weighted by Gasteiger charge is 2.50. The molecule has 0 spiro atoms. The third-order valence-corrected chi connectivity index (χ3v) is 9.77. The van der Waals surface area contributed by atoms with E-state index in [1.165, 1.54) is 6.07 Å². The summed E-state index contributed by atoms with van der Waals surface area (Å²) in [4.78, 5) is 30.8. The Morgan fingerprint density at radius 2 is 1.91 bits per heavy atom. The van der Waals surface area contributed by atoms with Gasteiger partial charge in [-0.15, -0.1) is 0 Å². The van der Waals surface area contributed by atoms with Crippen molar-refractivity contribution < 1.29 is 28.0 Å². The lowest BCUT2D eigenvalue weighted by Crippen LogP contribution is -2.40. The molecular weight excluding hydrogens is 609 g/mol. The maximum atomic E-state index is 13.8. The van der Waals surface area contributed by atoms with Crippen LogP contribution in [0.4, 0.5) is 4.39 Å². The highest BCUT2D eigenvalue weighted by atomic mass is 35.5. The Balaban J connectivity index is 1.02. The number of nitrogens with one attached hydrogen (secondary N) is 1. The number of nitrogens with zero attached hydrogens (tertiary/aromatic N) is 2. The highest BCUT2D eigenvalue weighted by molar-refractivity contribution is 6.48. The molecule has 6 atom stereocenters. The first kappa shape index (κ1) is 32.5. The van der Waals surface area contributed by atoms with Crippen molar-refractivity contribution >= 4 is 29.0 Å². The van der Waals surface area contributed by atoms with Crippen LogP contribution in [0.5, 0.6) is 0 Å². The summed E-state index contributed by atoms with van der Waals surface area (Å²) in [6.07, 6.45) is 4.98. The molecule has 1 aliphatic carbocycles. The average Bonchev–Trinajstić information content (AvgIpc) is 3.95. The minimum Gasteiger partial charge on any atom is -0.358 e. The average molecular weight is 650 g/mol. The van der Waals surface area contributed by atoms with Crippen LogP contribution in [0.25, 0.3) is 11.3 Å². The number of ether oxygens (including phenoxy) is 2. The van der Waals surface area contributed by atoms with Gasteiger partial charge in [-0.1, -0.05) is 66.1 Å². The number of rotatable bonds is 14. The summed E-state index contributed by atoms with van der Waals surface area (Å²) in [5.74, 6) is -0.215. The molecule has 244 valence electrons. The topological polar surface area (TPSA) is 103 Å². The van der Waals surface area contributed by atoms with E-state index in [2.05, 4.69) is 15.5 Å². The van der Waals surface area contributed by atoms with E-state index in [0.717, 1.165) is 43.4 Å². The van der Waals surface area contributed by atoms with Gasteiger partial charge >= 0.3 is 0 Å². The predicted octanol–water partition coefficient (Wildman–Crippen LogP) is 7.51. The summed E-state index contributed by atoms with van der Waals surface area (Å²) >= 11 is 6.06. The molecule has 3 aromatic rings. The fourth-order valence-corrected chi connectivity index (χ4v) is 6.76. The lowest BCUT2D eigenvalue weighted by atomic mass is 9.86. The predicted molar refractivity (Wildman–Crippen MR) is 173 cm³/mol. The van der Waals surface area contributed by atoms with Crippen molar-refractivity contribution in [2.24, 2.45) is 28.7 Å². The number of hydrogen-bond donors (Lipinski definition) is 1. The molecule has 1 amide bonds. The zero-order valence-electron chi connectivity index (χ0n) is 26.5. The first-order chi connectivity index (χ1) is 22.1. The Kier molecular flexibility index (Phi) is 9.73. The number of halogens is 2. The second-order valence-electron chi connectivity index (χ2n) is 13.4. The van der Waals surface area contributed by atoms with E-state index in [4.69, 9.17) is 25.6 Å². The van der Waals surface area contributed by atoms with Gasteiger partial charge in [-0.2, -0.15) is 0 Å². The van der Waals surface area contributed by atoms with Gasteiger partial charge in [0.25, 0.3) is 0 Å². The first-order valence-corrected chi connectivity index (χ1v) is 16.6. The normalized spacial score (nSPS) is 24.5. The third-order valence-electron chi connectivity index (χ3n) is 9.35. The fraction of sp³-hybridized carbons (Fsp3) is 0.500. The van der Waals surface area contributed by atoms with E-state index in [-0.39, 0.29) is 59.1 Å². The quantitative estimate of drug-likeness (QED) is 0.194. The van der Waals surface area contributed by atoms with E-state index in [0.29, 0.717) is 30.1 Å². The van der Waals surface area contributed by atoms with Crippen molar-refractivity contribution in [3.8, 4) is 11.3 Å².